The van der Waals surface area contributed by atoms with Gasteiger partial charge in [0, 0.05) is 12.6 Å². The zero-order valence-corrected chi connectivity index (χ0v) is 10.6. The van der Waals surface area contributed by atoms with Gasteiger partial charge in [0.1, 0.15) is 0 Å². The molecule has 0 amide bonds. The second-order valence-corrected chi connectivity index (χ2v) is 4.55. The Balaban J connectivity index is 4.12. The van der Waals surface area contributed by atoms with E-state index in [9.17, 15) is 13.2 Å². The third-order valence-electron chi connectivity index (χ3n) is 2.40. The van der Waals surface area contributed by atoms with Gasteiger partial charge in [0.25, 0.3) is 0 Å². The van der Waals surface area contributed by atoms with Gasteiger partial charge in [-0.2, -0.15) is 13.2 Å². The van der Waals surface area contributed by atoms with Crippen molar-refractivity contribution >= 4 is 0 Å². The second kappa shape index (κ2) is 7.12. The normalized spacial score (nSPS) is 14.8. The van der Waals surface area contributed by atoms with Crippen LogP contribution in [0.3, 0.4) is 0 Å². The first-order valence-electron chi connectivity index (χ1n) is 5.77. The van der Waals surface area contributed by atoms with E-state index < -0.39 is 12.7 Å². The SMILES string of the molecule is CCNCC(C)CN(CC(F)(F)F)C(C)C. The number of nitrogens with zero attached hydrogens (tertiary/aromatic N) is 1. The molecule has 0 bridgehead atoms. The summed E-state index contributed by atoms with van der Waals surface area (Å²) in [6, 6.07) is -0.0781. The van der Waals surface area contributed by atoms with Gasteiger partial charge in [0.05, 0.1) is 6.54 Å². The molecule has 0 heterocycles. The molecule has 0 fully saturated rings. The molecule has 0 aliphatic rings. The van der Waals surface area contributed by atoms with E-state index in [0.717, 1.165) is 13.1 Å². The average Bonchev–Trinajstić information content (AvgIpc) is 2.11. The Morgan fingerprint density at radius 3 is 2.12 bits per heavy atom. The van der Waals surface area contributed by atoms with Crippen LogP contribution < -0.4 is 5.32 Å². The molecule has 0 spiro atoms. The maximum atomic E-state index is 12.3. The Morgan fingerprint density at radius 1 is 1.19 bits per heavy atom. The summed E-state index contributed by atoms with van der Waals surface area (Å²) in [5.74, 6) is 0.227. The first kappa shape index (κ1) is 15.7. The predicted octanol–water partition coefficient (Wildman–Crippen LogP) is 2.50. The van der Waals surface area contributed by atoms with Gasteiger partial charge in [-0.1, -0.05) is 13.8 Å². The molecule has 1 N–H and O–H groups in total. The van der Waals surface area contributed by atoms with E-state index >= 15 is 0 Å². The van der Waals surface area contributed by atoms with E-state index in [4.69, 9.17) is 0 Å². The van der Waals surface area contributed by atoms with Crippen molar-refractivity contribution in [1.29, 1.82) is 0 Å². The predicted molar refractivity (Wildman–Crippen MR) is 60.5 cm³/mol. The highest BCUT2D eigenvalue weighted by atomic mass is 19.4. The Kier molecular flexibility index (Phi) is 6.99. The maximum absolute atomic E-state index is 12.3. The molecule has 0 aromatic carbocycles. The Bertz CT molecular complexity index is 181. The molecule has 0 saturated heterocycles. The standard InChI is InChI=1S/C11H23F3N2/c1-5-15-6-10(4)7-16(9(2)3)8-11(12,13)14/h9-10,15H,5-8H2,1-4H3. The number of alkyl halides is 3. The summed E-state index contributed by atoms with van der Waals surface area (Å²) >= 11 is 0. The fraction of sp³-hybridized carbons (Fsp3) is 1.00. The molecule has 0 radical (unpaired) electrons. The third kappa shape index (κ3) is 7.93. The van der Waals surface area contributed by atoms with Crippen LogP contribution in [0.4, 0.5) is 13.2 Å². The maximum Gasteiger partial charge on any atom is 0.401 e. The van der Waals surface area contributed by atoms with Crippen LogP contribution >= 0.6 is 0 Å². The van der Waals surface area contributed by atoms with Crippen LogP contribution in [0.5, 0.6) is 0 Å². The molecular formula is C11H23F3N2. The topological polar surface area (TPSA) is 15.3 Å². The fourth-order valence-corrected chi connectivity index (χ4v) is 1.54. The highest BCUT2D eigenvalue weighted by Crippen LogP contribution is 2.18. The van der Waals surface area contributed by atoms with E-state index in [-0.39, 0.29) is 12.0 Å². The zero-order chi connectivity index (χ0) is 12.8. The smallest absolute Gasteiger partial charge is 0.317 e. The van der Waals surface area contributed by atoms with E-state index in [0.29, 0.717) is 6.54 Å². The van der Waals surface area contributed by atoms with Crippen molar-refractivity contribution in [2.45, 2.75) is 39.9 Å². The molecule has 0 aliphatic heterocycles. The average molecular weight is 240 g/mol. The number of nitrogens with one attached hydrogen (secondary N) is 1. The van der Waals surface area contributed by atoms with Gasteiger partial charge < -0.3 is 5.32 Å². The molecule has 0 saturated carbocycles. The van der Waals surface area contributed by atoms with Crippen molar-refractivity contribution in [3.63, 3.8) is 0 Å². The van der Waals surface area contributed by atoms with Crippen molar-refractivity contribution in [3.8, 4) is 0 Å². The molecule has 0 rings (SSSR count). The van der Waals surface area contributed by atoms with Crippen LogP contribution in [0.2, 0.25) is 0 Å². The highest BCUT2D eigenvalue weighted by Gasteiger charge is 2.32. The third-order valence-corrected chi connectivity index (χ3v) is 2.40. The fourth-order valence-electron chi connectivity index (χ4n) is 1.54. The minimum absolute atomic E-state index is 0.0781. The first-order valence-corrected chi connectivity index (χ1v) is 5.77. The van der Waals surface area contributed by atoms with Crippen LogP contribution in [-0.2, 0) is 0 Å². The summed E-state index contributed by atoms with van der Waals surface area (Å²) in [5.41, 5.74) is 0. The van der Waals surface area contributed by atoms with Gasteiger partial charge in [0.2, 0.25) is 0 Å². The van der Waals surface area contributed by atoms with Gasteiger partial charge in [-0.25, -0.2) is 0 Å². The van der Waals surface area contributed by atoms with E-state index in [1.54, 1.807) is 13.8 Å². The summed E-state index contributed by atoms with van der Waals surface area (Å²) in [7, 11) is 0. The molecule has 98 valence electrons. The van der Waals surface area contributed by atoms with Crippen LogP contribution in [0.1, 0.15) is 27.7 Å². The minimum atomic E-state index is -4.11. The number of hydrogen-bond acceptors (Lipinski definition) is 2. The lowest BCUT2D eigenvalue weighted by Gasteiger charge is -2.30. The Labute approximate surface area is 96.2 Å². The largest absolute Gasteiger partial charge is 0.401 e. The lowest BCUT2D eigenvalue weighted by atomic mass is 10.1. The first-order chi connectivity index (χ1) is 7.26. The van der Waals surface area contributed by atoms with Crippen molar-refractivity contribution in [3.05, 3.63) is 0 Å². The number of hydrogen-bond donors (Lipinski definition) is 1. The molecule has 1 unspecified atom stereocenters. The Morgan fingerprint density at radius 2 is 1.75 bits per heavy atom. The van der Waals surface area contributed by atoms with E-state index in [1.165, 1.54) is 4.90 Å². The molecule has 5 heteroatoms. The lowest BCUT2D eigenvalue weighted by molar-refractivity contribution is -0.150. The molecule has 1 atom stereocenters. The second-order valence-electron chi connectivity index (χ2n) is 4.55. The van der Waals surface area contributed by atoms with Gasteiger partial charge in [-0.15, -0.1) is 0 Å². The molecule has 0 aliphatic carbocycles. The molecule has 0 aromatic rings. The molecular weight excluding hydrogens is 217 g/mol. The molecule has 16 heavy (non-hydrogen) atoms. The lowest BCUT2D eigenvalue weighted by Crippen LogP contribution is -2.43. The number of halogens is 3. The summed E-state index contributed by atoms with van der Waals surface area (Å²) in [6.07, 6.45) is -4.11. The van der Waals surface area contributed by atoms with Crippen LogP contribution in [0.25, 0.3) is 0 Å². The minimum Gasteiger partial charge on any atom is -0.317 e. The molecule has 0 aromatic heterocycles. The van der Waals surface area contributed by atoms with Crippen LogP contribution in [0, 0.1) is 5.92 Å². The van der Waals surface area contributed by atoms with Crippen molar-refractivity contribution < 1.29 is 13.2 Å². The quantitative estimate of drug-likeness (QED) is 0.735. The van der Waals surface area contributed by atoms with Crippen LogP contribution in [-0.4, -0.2) is 43.3 Å². The Hall–Kier alpha value is -0.290. The van der Waals surface area contributed by atoms with Gasteiger partial charge in [-0.3, -0.25) is 4.90 Å². The zero-order valence-electron chi connectivity index (χ0n) is 10.6. The monoisotopic (exact) mass is 240 g/mol. The van der Waals surface area contributed by atoms with E-state index in [1.807, 2.05) is 13.8 Å². The summed E-state index contributed by atoms with van der Waals surface area (Å²) in [6.45, 7) is 8.82. The summed E-state index contributed by atoms with van der Waals surface area (Å²) < 4.78 is 36.9. The summed E-state index contributed by atoms with van der Waals surface area (Å²) in [4.78, 5) is 1.47. The highest BCUT2D eigenvalue weighted by molar-refractivity contribution is 4.71. The van der Waals surface area contributed by atoms with Gasteiger partial charge in [0.15, 0.2) is 0 Å². The van der Waals surface area contributed by atoms with Crippen molar-refractivity contribution in [1.82, 2.24) is 10.2 Å². The van der Waals surface area contributed by atoms with Gasteiger partial charge >= 0.3 is 6.18 Å². The van der Waals surface area contributed by atoms with E-state index in [2.05, 4.69) is 5.32 Å². The van der Waals surface area contributed by atoms with Gasteiger partial charge in [-0.05, 0) is 32.9 Å². The van der Waals surface area contributed by atoms with Crippen LogP contribution in [0.15, 0.2) is 0 Å². The summed E-state index contributed by atoms with van der Waals surface area (Å²) in [5, 5.41) is 3.15. The molecule has 2 nitrogen and oxygen atoms in total. The van der Waals surface area contributed by atoms with Crippen molar-refractivity contribution in [2.24, 2.45) is 5.92 Å². The number of rotatable bonds is 7. The van der Waals surface area contributed by atoms with Crippen molar-refractivity contribution in [2.75, 3.05) is 26.2 Å².